The van der Waals surface area contributed by atoms with Crippen molar-refractivity contribution in [1.82, 2.24) is 4.98 Å². The topological polar surface area (TPSA) is 39.2 Å². The maximum atomic E-state index is 12.4. The first-order chi connectivity index (χ1) is 7.91. The SMILES string of the molecule is COC(=O)c1ccc2nc(C(F)(F)F)sc2c1. The number of benzene rings is 1. The number of hydrogen-bond acceptors (Lipinski definition) is 4. The van der Waals surface area contributed by atoms with E-state index < -0.39 is 17.2 Å². The van der Waals surface area contributed by atoms with Crippen molar-refractivity contribution in [2.75, 3.05) is 7.11 Å². The number of carbonyl (C=O) groups excluding carboxylic acids is 1. The van der Waals surface area contributed by atoms with E-state index in [1.165, 1.54) is 25.3 Å². The maximum Gasteiger partial charge on any atom is 0.443 e. The normalized spacial score (nSPS) is 11.8. The van der Waals surface area contributed by atoms with Crippen molar-refractivity contribution in [2.45, 2.75) is 6.18 Å². The van der Waals surface area contributed by atoms with Crippen molar-refractivity contribution in [3.05, 3.63) is 28.8 Å². The van der Waals surface area contributed by atoms with Gasteiger partial charge in [-0.05, 0) is 18.2 Å². The molecule has 0 fully saturated rings. The van der Waals surface area contributed by atoms with E-state index in [2.05, 4.69) is 9.72 Å². The largest absolute Gasteiger partial charge is 0.465 e. The summed E-state index contributed by atoms with van der Waals surface area (Å²) in [5.74, 6) is -0.589. The number of aromatic nitrogens is 1. The van der Waals surface area contributed by atoms with Crippen molar-refractivity contribution >= 4 is 27.5 Å². The van der Waals surface area contributed by atoms with Crippen LogP contribution in [0.5, 0.6) is 0 Å². The molecule has 2 aromatic rings. The van der Waals surface area contributed by atoms with Gasteiger partial charge in [0, 0.05) is 0 Å². The number of carbonyl (C=O) groups is 1. The number of hydrogen-bond donors (Lipinski definition) is 0. The van der Waals surface area contributed by atoms with E-state index in [1.54, 1.807) is 0 Å². The molecule has 0 radical (unpaired) electrons. The van der Waals surface area contributed by atoms with Gasteiger partial charge in [0.05, 0.1) is 22.9 Å². The molecule has 7 heteroatoms. The van der Waals surface area contributed by atoms with Gasteiger partial charge in [-0.2, -0.15) is 13.2 Å². The lowest BCUT2D eigenvalue weighted by molar-refractivity contribution is -0.137. The second-order valence-electron chi connectivity index (χ2n) is 3.19. The van der Waals surface area contributed by atoms with Crippen LogP contribution in [-0.4, -0.2) is 18.1 Å². The van der Waals surface area contributed by atoms with Gasteiger partial charge in [-0.1, -0.05) is 0 Å². The summed E-state index contributed by atoms with van der Waals surface area (Å²) in [5.41, 5.74) is 0.423. The zero-order valence-corrected chi connectivity index (χ0v) is 9.35. The third kappa shape index (κ3) is 2.23. The molecule has 0 aliphatic rings. The van der Waals surface area contributed by atoms with Gasteiger partial charge in [0.2, 0.25) is 0 Å². The summed E-state index contributed by atoms with van der Waals surface area (Å²) in [4.78, 5) is 14.7. The van der Waals surface area contributed by atoms with E-state index in [1.807, 2.05) is 0 Å². The van der Waals surface area contributed by atoms with Crippen molar-refractivity contribution in [3.63, 3.8) is 0 Å². The quantitative estimate of drug-likeness (QED) is 0.740. The molecule has 17 heavy (non-hydrogen) atoms. The Balaban J connectivity index is 2.52. The van der Waals surface area contributed by atoms with Crippen LogP contribution in [0, 0.1) is 0 Å². The Labute approximate surface area is 97.8 Å². The molecule has 1 heterocycles. The molecule has 90 valence electrons. The molecule has 0 amide bonds. The lowest BCUT2D eigenvalue weighted by Gasteiger charge is -1.98. The summed E-state index contributed by atoms with van der Waals surface area (Å²) in [6, 6.07) is 4.09. The van der Waals surface area contributed by atoms with E-state index in [0.29, 0.717) is 16.0 Å². The van der Waals surface area contributed by atoms with Gasteiger partial charge >= 0.3 is 12.1 Å². The molecule has 0 atom stereocenters. The fraction of sp³-hybridized carbons (Fsp3) is 0.200. The van der Waals surface area contributed by atoms with Gasteiger partial charge in [-0.3, -0.25) is 0 Å². The number of fused-ring (bicyclic) bond motifs is 1. The third-order valence-electron chi connectivity index (χ3n) is 2.05. The van der Waals surface area contributed by atoms with Crippen LogP contribution in [0.1, 0.15) is 15.4 Å². The predicted octanol–water partition coefficient (Wildman–Crippen LogP) is 3.10. The first-order valence-corrected chi connectivity index (χ1v) is 5.29. The molecule has 0 aliphatic heterocycles. The summed E-state index contributed by atoms with van der Waals surface area (Å²) in [6.07, 6.45) is -4.46. The summed E-state index contributed by atoms with van der Waals surface area (Å²) < 4.78 is 42.0. The minimum Gasteiger partial charge on any atom is -0.465 e. The summed E-state index contributed by atoms with van der Waals surface area (Å²) in [5, 5.41) is -0.922. The minimum absolute atomic E-state index is 0.206. The van der Waals surface area contributed by atoms with Crippen LogP contribution in [-0.2, 0) is 10.9 Å². The predicted molar refractivity (Wildman–Crippen MR) is 56.0 cm³/mol. The Hall–Kier alpha value is -1.63. The molecule has 0 unspecified atom stereocenters. The van der Waals surface area contributed by atoms with Crippen LogP contribution in [0.25, 0.3) is 10.2 Å². The summed E-state index contributed by atoms with van der Waals surface area (Å²) >= 11 is 0.502. The van der Waals surface area contributed by atoms with Crippen LogP contribution < -0.4 is 0 Å². The first-order valence-electron chi connectivity index (χ1n) is 4.48. The highest BCUT2D eigenvalue weighted by molar-refractivity contribution is 7.18. The van der Waals surface area contributed by atoms with Gasteiger partial charge in [-0.25, -0.2) is 9.78 Å². The summed E-state index contributed by atoms with van der Waals surface area (Å²) in [6.45, 7) is 0. The Morgan fingerprint density at radius 2 is 2.12 bits per heavy atom. The fourth-order valence-electron chi connectivity index (χ4n) is 1.29. The molecule has 0 saturated heterocycles. The highest BCUT2D eigenvalue weighted by Gasteiger charge is 2.34. The molecule has 3 nitrogen and oxygen atoms in total. The highest BCUT2D eigenvalue weighted by atomic mass is 32.1. The lowest BCUT2D eigenvalue weighted by atomic mass is 10.2. The number of methoxy groups -OCH3 is 1. The van der Waals surface area contributed by atoms with E-state index >= 15 is 0 Å². The van der Waals surface area contributed by atoms with E-state index in [0.717, 1.165) is 0 Å². The Morgan fingerprint density at radius 1 is 1.41 bits per heavy atom. The second kappa shape index (κ2) is 3.99. The number of halogens is 3. The van der Waals surface area contributed by atoms with Crippen LogP contribution in [0.2, 0.25) is 0 Å². The van der Waals surface area contributed by atoms with E-state index in [4.69, 9.17) is 0 Å². The Kier molecular flexibility index (Phi) is 2.78. The van der Waals surface area contributed by atoms with Gasteiger partial charge in [0.15, 0.2) is 5.01 Å². The van der Waals surface area contributed by atoms with Crippen molar-refractivity contribution < 1.29 is 22.7 Å². The summed E-state index contributed by atoms with van der Waals surface area (Å²) in [7, 11) is 1.21. The fourth-order valence-corrected chi connectivity index (χ4v) is 2.16. The van der Waals surface area contributed by atoms with Crippen molar-refractivity contribution in [1.29, 1.82) is 0 Å². The maximum absolute atomic E-state index is 12.4. The zero-order valence-electron chi connectivity index (χ0n) is 8.54. The number of ether oxygens (including phenoxy) is 1. The number of nitrogens with zero attached hydrogens (tertiary/aromatic N) is 1. The Morgan fingerprint density at radius 3 is 2.71 bits per heavy atom. The molecule has 1 aromatic heterocycles. The molecule has 1 aromatic carbocycles. The molecule has 0 bridgehead atoms. The second-order valence-corrected chi connectivity index (χ2v) is 4.22. The van der Waals surface area contributed by atoms with Crippen LogP contribution in [0.15, 0.2) is 18.2 Å². The van der Waals surface area contributed by atoms with Gasteiger partial charge in [0.25, 0.3) is 0 Å². The monoisotopic (exact) mass is 261 g/mol. The third-order valence-corrected chi connectivity index (χ3v) is 3.12. The standard InChI is InChI=1S/C10H6F3NO2S/c1-16-8(15)5-2-3-6-7(4-5)17-9(14-6)10(11,12)13/h2-4H,1H3. The first kappa shape index (κ1) is 11.8. The molecule has 0 N–H and O–H groups in total. The number of rotatable bonds is 1. The van der Waals surface area contributed by atoms with E-state index in [-0.39, 0.29) is 11.1 Å². The molecule has 2 rings (SSSR count). The van der Waals surface area contributed by atoms with Crippen LogP contribution in [0.3, 0.4) is 0 Å². The van der Waals surface area contributed by atoms with Crippen LogP contribution >= 0.6 is 11.3 Å². The van der Waals surface area contributed by atoms with Crippen molar-refractivity contribution in [2.24, 2.45) is 0 Å². The molecular formula is C10H6F3NO2S. The number of thiazole rings is 1. The molecular weight excluding hydrogens is 255 g/mol. The lowest BCUT2D eigenvalue weighted by Crippen LogP contribution is -2.03. The molecule has 0 spiro atoms. The molecule has 0 aliphatic carbocycles. The highest BCUT2D eigenvalue weighted by Crippen LogP contribution is 2.35. The minimum atomic E-state index is -4.46. The van der Waals surface area contributed by atoms with Crippen LogP contribution in [0.4, 0.5) is 13.2 Å². The van der Waals surface area contributed by atoms with Gasteiger partial charge in [-0.15, -0.1) is 11.3 Å². The average molecular weight is 261 g/mol. The smallest absolute Gasteiger partial charge is 0.443 e. The van der Waals surface area contributed by atoms with Gasteiger partial charge < -0.3 is 4.74 Å². The number of esters is 1. The van der Waals surface area contributed by atoms with Crippen molar-refractivity contribution in [3.8, 4) is 0 Å². The average Bonchev–Trinajstić information content (AvgIpc) is 2.70. The Bertz CT molecular complexity index is 576. The van der Waals surface area contributed by atoms with Gasteiger partial charge in [0.1, 0.15) is 0 Å². The number of alkyl halides is 3. The van der Waals surface area contributed by atoms with E-state index in [9.17, 15) is 18.0 Å². The molecule has 0 saturated carbocycles. The zero-order chi connectivity index (χ0) is 12.6.